The SMILES string of the molecule is COCCOCCOCCOC(=O)Nc1nc(N)c(/N=N/c2ccccc2)cc1O. The number of nitrogen functional groups attached to an aromatic ring is 1. The molecule has 0 spiro atoms. The van der Waals surface area contributed by atoms with E-state index < -0.39 is 6.09 Å². The van der Waals surface area contributed by atoms with Crippen molar-refractivity contribution < 1.29 is 28.8 Å². The van der Waals surface area contributed by atoms with Crippen LogP contribution in [0.4, 0.5) is 27.8 Å². The fourth-order valence-corrected chi connectivity index (χ4v) is 2.08. The number of carbonyl (C=O) groups excluding carboxylic acids is 1. The zero-order valence-corrected chi connectivity index (χ0v) is 16.6. The van der Waals surface area contributed by atoms with Crippen molar-refractivity contribution in [1.29, 1.82) is 0 Å². The van der Waals surface area contributed by atoms with Crippen LogP contribution in [0, 0.1) is 0 Å². The van der Waals surface area contributed by atoms with Crippen molar-refractivity contribution in [3.63, 3.8) is 0 Å². The molecular formula is C19H25N5O6. The van der Waals surface area contributed by atoms with Crippen LogP contribution in [0.2, 0.25) is 0 Å². The number of nitrogens with one attached hydrogen (secondary N) is 1. The van der Waals surface area contributed by atoms with Crippen LogP contribution in [0.15, 0.2) is 46.6 Å². The first-order chi connectivity index (χ1) is 14.6. The summed E-state index contributed by atoms with van der Waals surface area (Å²) in [4.78, 5) is 15.7. The molecule has 0 aliphatic rings. The Hall–Kier alpha value is -3.28. The lowest BCUT2D eigenvalue weighted by molar-refractivity contribution is 0.0141. The Labute approximate surface area is 173 Å². The first-order valence-corrected chi connectivity index (χ1v) is 9.14. The molecule has 4 N–H and O–H groups in total. The van der Waals surface area contributed by atoms with Gasteiger partial charge in [0.05, 0.1) is 38.7 Å². The number of aromatic nitrogens is 1. The van der Waals surface area contributed by atoms with Crippen molar-refractivity contribution in [2.75, 3.05) is 57.8 Å². The van der Waals surface area contributed by atoms with Crippen molar-refractivity contribution in [2.24, 2.45) is 10.2 Å². The van der Waals surface area contributed by atoms with Crippen molar-refractivity contribution in [3.8, 4) is 5.75 Å². The van der Waals surface area contributed by atoms with Crippen LogP contribution >= 0.6 is 0 Å². The predicted molar refractivity (Wildman–Crippen MR) is 109 cm³/mol. The van der Waals surface area contributed by atoms with Crippen LogP contribution in [0.3, 0.4) is 0 Å². The van der Waals surface area contributed by atoms with Gasteiger partial charge in [-0.2, -0.15) is 5.11 Å². The number of benzene rings is 1. The third kappa shape index (κ3) is 8.39. The second-order valence-electron chi connectivity index (χ2n) is 5.77. The van der Waals surface area contributed by atoms with E-state index in [0.29, 0.717) is 32.1 Å². The number of azo groups is 1. The number of hydrogen-bond acceptors (Lipinski definition) is 10. The molecule has 0 unspecified atom stereocenters. The summed E-state index contributed by atoms with van der Waals surface area (Å²) in [5.41, 5.74) is 6.60. The molecule has 0 fully saturated rings. The molecule has 0 saturated carbocycles. The summed E-state index contributed by atoms with van der Waals surface area (Å²) in [6.45, 7) is 2.01. The second-order valence-corrected chi connectivity index (χ2v) is 5.77. The van der Waals surface area contributed by atoms with Gasteiger partial charge >= 0.3 is 6.09 Å². The summed E-state index contributed by atoms with van der Waals surface area (Å²) >= 11 is 0. The van der Waals surface area contributed by atoms with Crippen LogP contribution < -0.4 is 11.1 Å². The Balaban J connectivity index is 1.75. The molecule has 0 aliphatic heterocycles. The van der Waals surface area contributed by atoms with E-state index >= 15 is 0 Å². The zero-order valence-electron chi connectivity index (χ0n) is 16.6. The molecule has 1 heterocycles. The number of methoxy groups -OCH3 is 1. The number of ether oxygens (including phenoxy) is 4. The molecule has 1 aromatic heterocycles. The molecular weight excluding hydrogens is 394 g/mol. The van der Waals surface area contributed by atoms with Gasteiger partial charge < -0.3 is 29.8 Å². The summed E-state index contributed by atoms with van der Waals surface area (Å²) in [6, 6.07) is 10.2. The van der Waals surface area contributed by atoms with Crippen LogP contribution in [0.5, 0.6) is 5.75 Å². The average molecular weight is 419 g/mol. The molecule has 0 aliphatic carbocycles. The molecule has 1 aromatic carbocycles. The van der Waals surface area contributed by atoms with E-state index in [4.69, 9.17) is 24.7 Å². The lowest BCUT2D eigenvalue weighted by atomic mass is 10.3. The van der Waals surface area contributed by atoms with E-state index in [0.717, 1.165) is 0 Å². The minimum Gasteiger partial charge on any atom is -0.504 e. The number of amides is 1. The summed E-state index contributed by atoms with van der Waals surface area (Å²) < 4.78 is 20.3. The Morgan fingerprint density at radius 2 is 1.73 bits per heavy atom. The molecule has 0 saturated heterocycles. The predicted octanol–water partition coefficient (Wildman–Crippen LogP) is 3.01. The molecule has 11 heteroatoms. The summed E-state index contributed by atoms with van der Waals surface area (Å²) in [6.07, 6.45) is -0.809. The van der Waals surface area contributed by atoms with Crippen LogP contribution in [0.1, 0.15) is 0 Å². The van der Waals surface area contributed by atoms with Gasteiger partial charge in [0.2, 0.25) is 0 Å². The lowest BCUT2D eigenvalue weighted by Crippen LogP contribution is -2.18. The van der Waals surface area contributed by atoms with Crippen molar-refractivity contribution in [3.05, 3.63) is 36.4 Å². The van der Waals surface area contributed by atoms with Crippen LogP contribution in [-0.2, 0) is 18.9 Å². The minimum atomic E-state index is -0.809. The van der Waals surface area contributed by atoms with Gasteiger partial charge in [-0.05, 0) is 12.1 Å². The molecule has 1 amide bonds. The number of aromatic hydroxyl groups is 1. The number of anilines is 2. The molecule has 2 aromatic rings. The maximum Gasteiger partial charge on any atom is 0.412 e. The number of rotatable bonds is 12. The number of carbonyl (C=O) groups is 1. The summed E-state index contributed by atoms with van der Waals surface area (Å²) in [5, 5.41) is 20.3. The Morgan fingerprint density at radius 1 is 1.07 bits per heavy atom. The Bertz CT molecular complexity index is 819. The van der Waals surface area contributed by atoms with Crippen molar-refractivity contribution >= 4 is 29.1 Å². The van der Waals surface area contributed by atoms with Crippen molar-refractivity contribution in [2.45, 2.75) is 0 Å². The highest BCUT2D eigenvalue weighted by atomic mass is 16.6. The summed E-state index contributed by atoms with van der Waals surface area (Å²) in [5.74, 6) is -0.490. The van der Waals surface area contributed by atoms with Gasteiger partial charge in [-0.15, -0.1) is 5.11 Å². The van der Waals surface area contributed by atoms with Gasteiger partial charge in [0.15, 0.2) is 17.4 Å². The quantitative estimate of drug-likeness (QED) is 0.351. The Kier molecular flexibility index (Phi) is 10.00. The van der Waals surface area contributed by atoms with E-state index in [1.54, 1.807) is 19.2 Å². The molecule has 30 heavy (non-hydrogen) atoms. The zero-order chi connectivity index (χ0) is 21.6. The maximum absolute atomic E-state index is 11.8. The topological polar surface area (TPSA) is 150 Å². The van der Waals surface area contributed by atoms with Gasteiger partial charge in [0.25, 0.3) is 0 Å². The van der Waals surface area contributed by atoms with Gasteiger partial charge in [-0.25, -0.2) is 9.78 Å². The smallest absolute Gasteiger partial charge is 0.412 e. The molecule has 162 valence electrons. The molecule has 11 nitrogen and oxygen atoms in total. The Morgan fingerprint density at radius 3 is 2.43 bits per heavy atom. The maximum atomic E-state index is 11.8. The van der Waals surface area contributed by atoms with Gasteiger partial charge in [0, 0.05) is 13.2 Å². The van der Waals surface area contributed by atoms with E-state index in [1.165, 1.54) is 6.07 Å². The largest absolute Gasteiger partial charge is 0.504 e. The molecule has 0 radical (unpaired) electrons. The number of pyridine rings is 1. The van der Waals surface area contributed by atoms with Gasteiger partial charge in [-0.1, -0.05) is 18.2 Å². The third-order valence-corrected chi connectivity index (χ3v) is 3.53. The second kappa shape index (κ2) is 13.0. The lowest BCUT2D eigenvalue weighted by Gasteiger charge is -2.09. The fourth-order valence-electron chi connectivity index (χ4n) is 2.08. The monoisotopic (exact) mass is 419 g/mol. The van der Waals surface area contributed by atoms with Gasteiger partial charge in [0.1, 0.15) is 12.3 Å². The first-order valence-electron chi connectivity index (χ1n) is 9.14. The number of hydrogen-bond donors (Lipinski definition) is 3. The molecule has 2 rings (SSSR count). The summed E-state index contributed by atoms with van der Waals surface area (Å²) in [7, 11) is 1.59. The molecule has 0 bridgehead atoms. The highest BCUT2D eigenvalue weighted by molar-refractivity contribution is 5.86. The average Bonchev–Trinajstić information content (AvgIpc) is 2.74. The van der Waals surface area contributed by atoms with Crippen LogP contribution in [-0.4, -0.2) is 62.9 Å². The normalized spacial score (nSPS) is 11.0. The van der Waals surface area contributed by atoms with E-state index in [2.05, 4.69) is 20.5 Å². The highest BCUT2D eigenvalue weighted by Gasteiger charge is 2.13. The third-order valence-electron chi connectivity index (χ3n) is 3.53. The minimum absolute atomic E-state index is 0.0143. The van der Waals surface area contributed by atoms with E-state index in [9.17, 15) is 9.90 Å². The van der Waals surface area contributed by atoms with Crippen LogP contribution in [0.25, 0.3) is 0 Å². The molecule has 0 atom stereocenters. The van der Waals surface area contributed by atoms with E-state index in [-0.39, 0.29) is 36.3 Å². The van der Waals surface area contributed by atoms with E-state index in [1.807, 2.05) is 18.2 Å². The number of nitrogens with zero attached hydrogens (tertiary/aromatic N) is 3. The number of nitrogens with two attached hydrogens (primary N) is 1. The fraction of sp³-hybridized carbons (Fsp3) is 0.368. The highest BCUT2D eigenvalue weighted by Crippen LogP contribution is 2.32. The standard InChI is InChI=1S/C19H25N5O6/c1-27-7-8-28-9-10-29-11-12-30-19(26)22-18-16(25)13-15(17(20)21-18)24-23-14-5-3-2-4-6-14/h2-6,13,25H,7-12H2,1H3,(H3,20,21,22,26)/b24-23+. The van der Waals surface area contributed by atoms with Crippen molar-refractivity contribution in [1.82, 2.24) is 4.98 Å². The first kappa shape index (κ1) is 23.0. The van der Waals surface area contributed by atoms with Gasteiger partial charge in [-0.3, -0.25) is 5.32 Å².